The molecule has 0 aliphatic heterocycles. The highest BCUT2D eigenvalue weighted by atomic mass is 16.1. The molecule has 2 fully saturated rings. The number of primary amides is 1. The first-order valence-corrected chi connectivity index (χ1v) is 8.35. The van der Waals surface area contributed by atoms with Gasteiger partial charge in [0.25, 0.3) is 0 Å². The van der Waals surface area contributed by atoms with Crippen LogP contribution in [0.25, 0.3) is 5.69 Å². The average Bonchev–Trinajstić information content (AvgIpc) is 3.20. The summed E-state index contributed by atoms with van der Waals surface area (Å²) in [5, 5.41) is 8.78. The Labute approximate surface area is 134 Å². The molecule has 0 spiro atoms. The van der Waals surface area contributed by atoms with E-state index in [1.54, 1.807) is 10.9 Å². The zero-order valence-corrected chi connectivity index (χ0v) is 13.4. The van der Waals surface area contributed by atoms with Crippen LogP contribution in [-0.2, 0) is 18.3 Å². The predicted molar refractivity (Wildman–Crippen MR) is 83.8 cm³/mol. The maximum absolute atomic E-state index is 11.3. The van der Waals surface area contributed by atoms with E-state index in [0.29, 0.717) is 17.7 Å². The normalized spacial score (nSPS) is 26.6. The maximum Gasteiger partial charge on any atom is 0.225 e. The Morgan fingerprint density at radius 2 is 2.22 bits per heavy atom. The molecule has 7 nitrogen and oxygen atoms in total. The topological polar surface area (TPSA) is 91.6 Å². The fraction of sp³-hybridized carbons (Fsp3) is 0.625. The molecule has 122 valence electrons. The summed E-state index contributed by atoms with van der Waals surface area (Å²) < 4.78 is 3.62. The van der Waals surface area contributed by atoms with Gasteiger partial charge in [0.1, 0.15) is 11.5 Å². The summed E-state index contributed by atoms with van der Waals surface area (Å²) in [4.78, 5) is 15.9. The van der Waals surface area contributed by atoms with E-state index >= 15 is 0 Å². The van der Waals surface area contributed by atoms with Crippen molar-refractivity contribution in [1.29, 1.82) is 0 Å². The van der Waals surface area contributed by atoms with E-state index in [0.717, 1.165) is 23.9 Å². The largest absolute Gasteiger partial charge is 0.369 e. The van der Waals surface area contributed by atoms with Gasteiger partial charge in [-0.05, 0) is 31.1 Å². The molecule has 2 aliphatic rings. The summed E-state index contributed by atoms with van der Waals surface area (Å²) in [6.45, 7) is 0. The predicted octanol–water partition coefficient (Wildman–Crippen LogP) is 1.32. The van der Waals surface area contributed by atoms with Crippen LogP contribution in [0.2, 0.25) is 0 Å². The zero-order chi connectivity index (χ0) is 16.0. The van der Waals surface area contributed by atoms with Crippen LogP contribution in [0.5, 0.6) is 0 Å². The number of nitrogens with zero attached hydrogens (tertiary/aromatic N) is 5. The van der Waals surface area contributed by atoms with Gasteiger partial charge in [-0.2, -0.15) is 10.2 Å². The highest BCUT2D eigenvalue weighted by Crippen LogP contribution is 2.51. The Hall–Kier alpha value is -2.18. The van der Waals surface area contributed by atoms with Crippen LogP contribution < -0.4 is 5.73 Å². The Morgan fingerprint density at radius 1 is 1.35 bits per heavy atom. The standard InChI is InChI=1S/C16H22N6O/c1-21-9-11(8-18-21)22-16(19-15(20-22)7-14(17)23)13-6-5-10-3-2-4-12(10)13/h8-10,12-13H,2-7H2,1H3,(H2,17,23)/t10-,12-,13-/m0/s1. The number of aromatic nitrogens is 5. The Balaban J connectivity index is 1.74. The van der Waals surface area contributed by atoms with E-state index < -0.39 is 5.91 Å². The van der Waals surface area contributed by atoms with Gasteiger partial charge < -0.3 is 5.73 Å². The molecule has 0 saturated heterocycles. The number of aryl methyl sites for hydroxylation is 1. The number of nitrogens with two attached hydrogens (primary N) is 1. The van der Waals surface area contributed by atoms with Gasteiger partial charge in [0, 0.05) is 13.0 Å². The van der Waals surface area contributed by atoms with Crippen molar-refractivity contribution >= 4 is 5.91 Å². The highest BCUT2D eigenvalue weighted by molar-refractivity contribution is 5.75. The van der Waals surface area contributed by atoms with E-state index in [1.807, 2.05) is 17.9 Å². The molecule has 1 amide bonds. The van der Waals surface area contributed by atoms with Gasteiger partial charge in [-0.1, -0.05) is 12.8 Å². The smallest absolute Gasteiger partial charge is 0.225 e. The van der Waals surface area contributed by atoms with Crippen molar-refractivity contribution in [2.75, 3.05) is 0 Å². The molecular formula is C16H22N6O. The number of amides is 1. The third-order valence-corrected chi connectivity index (χ3v) is 5.36. The van der Waals surface area contributed by atoms with Gasteiger partial charge in [0.05, 0.1) is 18.8 Å². The molecule has 3 atom stereocenters. The number of hydrogen-bond acceptors (Lipinski definition) is 4. The summed E-state index contributed by atoms with van der Waals surface area (Å²) in [5.41, 5.74) is 6.22. The van der Waals surface area contributed by atoms with E-state index in [1.165, 1.54) is 25.7 Å². The van der Waals surface area contributed by atoms with E-state index in [9.17, 15) is 4.79 Å². The number of carbonyl (C=O) groups is 1. The lowest BCUT2D eigenvalue weighted by molar-refractivity contribution is -0.117. The third kappa shape index (κ3) is 2.54. The molecule has 0 radical (unpaired) electrons. The maximum atomic E-state index is 11.3. The van der Waals surface area contributed by atoms with Gasteiger partial charge >= 0.3 is 0 Å². The fourth-order valence-electron chi connectivity index (χ4n) is 4.43. The van der Waals surface area contributed by atoms with Crippen LogP contribution in [0.4, 0.5) is 0 Å². The first kappa shape index (κ1) is 14.4. The Morgan fingerprint density at radius 3 is 2.96 bits per heavy atom. The van der Waals surface area contributed by atoms with Crippen molar-refractivity contribution in [2.45, 2.75) is 44.4 Å². The molecule has 2 aliphatic carbocycles. The number of rotatable bonds is 4. The summed E-state index contributed by atoms with van der Waals surface area (Å²) in [6.07, 6.45) is 10.2. The molecule has 2 aromatic rings. The molecule has 2 N–H and O–H groups in total. The highest BCUT2D eigenvalue weighted by Gasteiger charge is 2.42. The number of hydrogen-bond donors (Lipinski definition) is 1. The van der Waals surface area contributed by atoms with Gasteiger partial charge in [-0.25, -0.2) is 9.67 Å². The van der Waals surface area contributed by atoms with Crippen molar-refractivity contribution in [3.8, 4) is 5.69 Å². The van der Waals surface area contributed by atoms with Gasteiger partial charge in [-0.3, -0.25) is 9.48 Å². The van der Waals surface area contributed by atoms with Crippen LogP contribution in [-0.4, -0.2) is 30.5 Å². The average molecular weight is 314 g/mol. The molecule has 0 aromatic carbocycles. The van der Waals surface area contributed by atoms with Crippen LogP contribution >= 0.6 is 0 Å². The van der Waals surface area contributed by atoms with E-state index in [4.69, 9.17) is 10.7 Å². The van der Waals surface area contributed by atoms with E-state index in [2.05, 4.69) is 10.2 Å². The lowest BCUT2D eigenvalue weighted by Gasteiger charge is -2.17. The van der Waals surface area contributed by atoms with Gasteiger partial charge in [-0.15, -0.1) is 0 Å². The second-order valence-electron chi connectivity index (χ2n) is 6.85. The van der Waals surface area contributed by atoms with E-state index in [-0.39, 0.29) is 6.42 Å². The van der Waals surface area contributed by atoms with Gasteiger partial charge in [0.15, 0.2) is 5.82 Å². The Bertz CT molecular complexity index is 733. The quantitative estimate of drug-likeness (QED) is 0.921. The van der Waals surface area contributed by atoms with Gasteiger partial charge in [0.2, 0.25) is 5.91 Å². The third-order valence-electron chi connectivity index (χ3n) is 5.36. The zero-order valence-electron chi connectivity index (χ0n) is 13.4. The van der Waals surface area contributed by atoms with Crippen LogP contribution in [0.3, 0.4) is 0 Å². The second-order valence-corrected chi connectivity index (χ2v) is 6.85. The van der Waals surface area contributed by atoms with Crippen molar-refractivity contribution in [3.05, 3.63) is 24.0 Å². The molecule has 23 heavy (non-hydrogen) atoms. The van der Waals surface area contributed by atoms with Crippen molar-refractivity contribution in [3.63, 3.8) is 0 Å². The van der Waals surface area contributed by atoms with Crippen molar-refractivity contribution in [2.24, 2.45) is 24.6 Å². The SMILES string of the molecule is Cn1cc(-n2nc(CC(N)=O)nc2[C@H]2CC[C@@H]3CCC[C@@H]32)cn1. The lowest BCUT2D eigenvalue weighted by atomic mass is 9.91. The minimum absolute atomic E-state index is 0.0844. The minimum atomic E-state index is -0.398. The number of carbonyl (C=O) groups excluding carboxylic acids is 1. The summed E-state index contributed by atoms with van der Waals surface area (Å²) >= 11 is 0. The van der Waals surface area contributed by atoms with Crippen molar-refractivity contribution in [1.82, 2.24) is 24.5 Å². The summed E-state index contributed by atoms with van der Waals surface area (Å²) in [5.74, 6) is 3.05. The molecule has 7 heteroatoms. The Kier molecular flexibility index (Phi) is 3.43. The fourth-order valence-corrected chi connectivity index (χ4v) is 4.43. The molecule has 2 heterocycles. The van der Waals surface area contributed by atoms with Crippen LogP contribution in [0.1, 0.15) is 49.7 Å². The second kappa shape index (κ2) is 5.47. The first-order valence-electron chi connectivity index (χ1n) is 8.35. The summed E-state index contributed by atoms with van der Waals surface area (Å²) in [6, 6.07) is 0. The first-order chi connectivity index (χ1) is 11.1. The molecule has 0 unspecified atom stereocenters. The molecule has 2 aromatic heterocycles. The van der Waals surface area contributed by atoms with Crippen LogP contribution in [0, 0.1) is 11.8 Å². The monoisotopic (exact) mass is 314 g/mol. The minimum Gasteiger partial charge on any atom is -0.369 e. The lowest BCUT2D eigenvalue weighted by Crippen LogP contribution is -2.14. The molecular weight excluding hydrogens is 292 g/mol. The molecule has 0 bridgehead atoms. The molecule has 2 saturated carbocycles. The number of fused-ring (bicyclic) bond motifs is 1. The van der Waals surface area contributed by atoms with Crippen molar-refractivity contribution < 1.29 is 4.79 Å². The molecule has 4 rings (SSSR count). The summed E-state index contributed by atoms with van der Waals surface area (Å²) in [7, 11) is 1.88. The van der Waals surface area contributed by atoms with Crippen LogP contribution in [0.15, 0.2) is 12.4 Å².